The number of rotatable bonds is 8. The third kappa shape index (κ3) is 5.44. The summed E-state index contributed by atoms with van der Waals surface area (Å²) in [6.07, 6.45) is 2.94. The summed E-state index contributed by atoms with van der Waals surface area (Å²) in [4.78, 5) is 31.5. The number of piperazine rings is 1. The molecule has 0 bridgehead atoms. The second-order valence-electron chi connectivity index (χ2n) is 9.02. The first-order valence-electron chi connectivity index (χ1n) is 11.8. The summed E-state index contributed by atoms with van der Waals surface area (Å²) < 4.78 is 0. The molecule has 2 aromatic rings. The van der Waals surface area contributed by atoms with Crippen molar-refractivity contribution in [2.75, 3.05) is 44.2 Å². The van der Waals surface area contributed by atoms with Crippen LogP contribution in [0.3, 0.4) is 0 Å². The molecule has 1 aliphatic heterocycles. The average Bonchev–Trinajstić information content (AvgIpc) is 3.69. The van der Waals surface area contributed by atoms with Gasteiger partial charge >= 0.3 is 0 Å². The second-order valence-corrected chi connectivity index (χ2v) is 9.02. The van der Waals surface area contributed by atoms with Crippen LogP contribution in [0.5, 0.6) is 0 Å². The maximum absolute atomic E-state index is 13.0. The molecular weight excluding hydrogens is 402 g/mol. The first-order valence-corrected chi connectivity index (χ1v) is 11.8. The van der Waals surface area contributed by atoms with Crippen LogP contribution in [0.25, 0.3) is 11.3 Å². The van der Waals surface area contributed by atoms with Gasteiger partial charge in [0, 0.05) is 44.2 Å². The zero-order valence-corrected chi connectivity index (χ0v) is 19.1. The van der Waals surface area contributed by atoms with Crippen LogP contribution in [0.2, 0.25) is 0 Å². The predicted octanol–water partition coefficient (Wildman–Crippen LogP) is 3.08. The number of aromatic nitrogens is 2. The summed E-state index contributed by atoms with van der Waals surface area (Å²) in [5.41, 5.74) is 1.90. The summed E-state index contributed by atoms with van der Waals surface area (Å²) in [6.45, 7) is 7.83. The van der Waals surface area contributed by atoms with E-state index < -0.39 is 0 Å². The minimum Gasteiger partial charge on any atom is -0.352 e. The number of nitrogens with zero attached hydrogens (tertiary/aromatic N) is 5. The van der Waals surface area contributed by atoms with Gasteiger partial charge in [-0.3, -0.25) is 9.59 Å². The maximum atomic E-state index is 13.0. The van der Waals surface area contributed by atoms with Crippen molar-refractivity contribution in [3.63, 3.8) is 0 Å². The van der Waals surface area contributed by atoms with Gasteiger partial charge in [-0.15, -0.1) is 10.2 Å². The highest BCUT2D eigenvalue weighted by Gasteiger charge is 2.35. The Kier molecular flexibility index (Phi) is 7.02. The Bertz CT molecular complexity index is 906. The Hall–Kier alpha value is -2.96. The summed E-state index contributed by atoms with van der Waals surface area (Å²) in [6, 6.07) is 14.0. The van der Waals surface area contributed by atoms with Gasteiger partial charge in [0.2, 0.25) is 11.8 Å². The van der Waals surface area contributed by atoms with Crippen LogP contribution in [0.15, 0.2) is 42.5 Å². The highest BCUT2D eigenvalue weighted by atomic mass is 16.2. The molecule has 2 aliphatic rings. The van der Waals surface area contributed by atoms with Gasteiger partial charge in [-0.05, 0) is 30.9 Å². The van der Waals surface area contributed by atoms with Gasteiger partial charge in [-0.2, -0.15) is 0 Å². The smallest absolute Gasteiger partial charge is 0.242 e. The molecule has 7 nitrogen and oxygen atoms in total. The van der Waals surface area contributed by atoms with Crippen molar-refractivity contribution in [2.45, 2.75) is 33.1 Å². The lowest BCUT2D eigenvalue weighted by atomic mass is 10.1. The standard InChI is InChI=1S/C25H33N5O2/c1-3-19(2)17-30(25(32)21-9-10-21)18-24(31)29-15-13-28(14-16-29)23-12-11-22(26-27-23)20-7-5-4-6-8-20/h4-8,11-12,19,21H,3,9-10,13-18H2,1-2H3/t19-/m1/s1. The van der Waals surface area contributed by atoms with Crippen molar-refractivity contribution in [2.24, 2.45) is 11.8 Å². The third-order valence-corrected chi connectivity index (χ3v) is 6.47. The van der Waals surface area contributed by atoms with Crippen molar-refractivity contribution in [3.05, 3.63) is 42.5 Å². The number of anilines is 1. The van der Waals surface area contributed by atoms with Crippen molar-refractivity contribution in [3.8, 4) is 11.3 Å². The van der Waals surface area contributed by atoms with Gasteiger partial charge in [0.25, 0.3) is 0 Å². The van der Waals surface area contributed by atoms with Crippen LogP contribution >= 0.6 is 0 Å². The van der Waals surface area contributed by atoms with Gasteiger partial charge < -0.3 is 14.7 Å². The Morgan fingerprint density at radius 1 is 1.03 bits per heavy atom. The van der Waals surface area contributed by atoms with Crippen LogP contribution < -0.4 is 4.90 Å². The number of carbonyl (C=O) groups excluding carboxylic acids is 2. The fourth-order valence-corrected chi connectivity index (χ4v) is 4.03. The number of benzene rings is 1. The number of hydrogen-bond donors (Lipinski definition) is 0. The Morgan fingerprint density at radius 2 is 1.75 bits per heavy atom. The van der Waals surface area contributed by atoms with Gasteiger partial charge in [0.15, 0.2) is 5.82 Å². The van der Waals surface area contributed by atoms with E-state index in [0.29, 0.717) is 38.6 Å². The van der Waals surface area contributed by atoms with Crippen molar-refractivity contribution < 1.29 is 9.59 Å². The van der Waals surface area contributed by atoms with E-state index in [1.165, 1.54) is 0 Å². The van der Waals surface area contributed by atoms with Crippen LogP contribution in [0.1, 0.15) is 33.1 Å². The number of carbonyl (C=O) groups is 2. The molecule has 1 saturated heterocycles. The van der Waals surface area contributed by atoms with E-state index in [0.717, 1.165) is 36.3 Å². The zero-order chi connectivity index (χ0) is 22.5. The van der Waals surface area contributed by atoms with E-state index in [1.807, 2.05) is 47.4 Å². The van der Waals surface area contributed by atoms with Gasteiger partial charge in [-0.25, -0.2) is 0 Å². The van der Waals surface area contributed by atoms with Crippen molar-refractivity contribution in [1.82, 2.24) is 20.0 Å². The Morgan fingerprint density at radius 3 is 2.34 bits per heavy atom. The van der Waals surface area contributed by atoms with Crippen LogP contribution in [-0.2, 0) is 9.59 Å². The summed E-state index contributed by atoms with van der Waals surface area (Å²) in [5.74, 6) is 1.58. The molecule has 2 fully saturated rings. The largest absolute Gasteiger partial charge is 0.352 e. The molecule has 0 N–H and O–H groups in total. The number of amides is 2. The SMILES string of the molecule is CC[C@@H](C)CN(CC(=O)N1CCN(c2ccc(-c3ccccc3)nn2)CC1)C(=O)C1CC1. The molecule has 1 aromatic carbocycles. The first-order chi connectivity index (χ1) is 15.5. The fraction of sp³-hybridized carbons (Fsp3) is 0.520. The Labute approximate surface area is 190 Å². The molecule has 0 radical (unpaired) electrons. The second kappa shape index (κ2) is 10.1. The van der Waals surface area contributed by atoms with Gasteiger partial charge in [0.1, 0.15) is 0 Å². The molecule has 1 atom stereocenters. The molecule has 1 aliphatic carbocycles. The molecular formula is C25H33N5O2. The summed E-state index contributed by atoms with van der Waals surface area (Å²) in [5, 5.41) is 8.79. The third-order valence-electron chi connectivity index (χ3n) is 6.47. The molecule has 170 valence electrons. The summed E-state index contributed by atoms with van der Waals surface area (Å²) >= 11 is 0. The monoisotopic (exact) mass is 435 g/mol. The highest BCUT2D eigenvalue weighted by molar-refractivity contribution is 5.87. The van der Waals surface area contributed by atoms with E-state index in [1.54, 1.807) is 4.90 Å². The van der Waals surface area contributed by atoms with Crippen molar-refractivity contribution in [1.29, 1.82) is 0 Å². The molecule has 1 saturated carbocycles. The van der Waals surface area contributed by atoms with Gasteiger partial charge in [0.05, 0.1) is 12.2 Å². The number of hydrogen-bond acceptors (Lipinski definition) is 5. The molecule has 0 spiro atoms. The molecule has 1 aromatic heterocycles. The predicted molar refractivity (Wildman–Crippen MR) is 125 cm³/mol. The van der Waals surface area contributed by atoms with Crippen LogP contribution in [0.4, 0.5) is 5.82 Å². The molecule has 7 heteroatoms. The maximum Gasteiger partial charge on any atom is 0.242 e. The van der Waals surface area contributed by atoms with Gasteiger partial charge in [-0.1, -0.05) is 50.6 Å². The zero-order valence-electron chi connectivity index (χ0n) is 19.1. The topological polar surface area (TPSA) is 69.6 Å². The lowest BCUT2D eigenvalue weighted by Crippen LogP contribution is -2.52. The minimum atomic E-state index is 0.0486. The normalized spacial score (nSPS) is 17.2. The van der Waals surface area contributed by atoms with Crippen LogP contribution in [-0.4, -0.2) is 71.1 Å². The molecule has 0 unspecified atom stereocenters. The molecule has 2 amide bonds. The quantitative estimate of drug-likeness (QED) is 0.637. The molecule has 2 heterocycles. The minimum absolute atomic E-state index is 0.0486. The van der Waals surface area contributed by atoms with Crippen LogP contribution in [0, 0.1) is 11.8 Å². The fourth-order valence-electron chi connectivity index (χ4n) is 4.03. The highest BCUT2D eigenvalue weighted by Crippen LogP contribution is 2.31. The molecule has 4 rings (SSSR count). The van der Waals surface area contributed by atoms with E-state index >= 15 is 0 Å². The molecule has 32 heavy (non-hydrogen) atoms. The lowest BCUT2D eigenvalue weighted by molar-refractivity contribution is -0.142. The first kappa shape index (κ1) is 22.2. The van der Waals surface area contributed by atoms with Crippen molar-refractivity contribution >= 4 is 17.6 Å². The lowest BCUT2D eigenvalue weighted by Gasteiger charge is -2.36. The van der Waals surface area contributed by atoms with E-state index in [2.05, 4.69) is 28.9 Å². The van der Waals surface area contributed by atoms with E-state index in [9.17, 15) is 9.59 Å². The van der Waals surface area contributed by atoms with E-state index in [4.69, 9.17) is 0 Å². The van der Waals surface area contributed by atoms with E-state index in [-0.39, 0.29) is 24.3 Å². The average molecular weight is 436 g/mol. The summed E-state index contributed by atoms with van der Waals surface area (Å²) in [7, 11) is 0. The Balaban J connectivity index is 1.31.